The number of anilines is 1. The summed E-state index contributed by atoms with van der Waals surface area (Å²) in [6.07, 6.45) is 4.60. The van der Waals surface area contributed by atoms with E-state index in [1.165, 1.54) is 17.3 Å². The molecule has 0 fully saturated rings. The smallest absolute Gasteiger partial charge is 0.244 e. The van der Waals surface area contributed by atoms with E-state index in [1.54, 1.807) is 18.3 Å². The summed E-state index contributed by atoms with van der Waals surface area (Å²) >= 11 is 0. The lowest BCUT2D eigenvalue weighted by molar-refractivity contribution is -0.121. The maximum atomic E-state index is 12.3. The van der Waals surface area contributed by atoms with Crippen LogP contribution < -0.4 is 10.6 Å². The van der Waals surface area contributed by atoms with Crippen molar-refractivity contribution < 1.29 is 4.79 Å². The molecule has 0 aliphatic carbocycles. The zero-order chi connectivity index (χ0) is 14.6. The fraction of sp³-hybridized carbons (Fsp3) is 0.385. The number of aromatic nitrogens is 4. The van der Waals surface area contributed by atoms with Gasteiger partial charge in [0.1, 0.15) is 12.7 Å². The topological polar surface area (TPSA) is 84.7 Å². The Morgan fingerprint density at radius 2 is 2.25 bits per heavy atom. The van der Waals surface area contributed by atoms with E-state index in [9.17, 15) is 4.79 Å². The van der Waals surface area contributed by atoms with Gasteiger partial charge in [-0.15, -0.1) is 0 Å². The monoisotopic (exact) mass is 274 g/mol. The summed E-state index contributed by atoms with van der Waals surface area (Å²) in [5.74, 6) is 0.402. The van der Waals surface area contributed by atoms with Gasteiger partial charge >= 0.3 is 0 Å². The average molecular weight is 274 g/mol. The second-order valence-corrected chi connectivity index (χ2v) is 4.82. The molecule has 0 radical (unpaired) electrons. The molecule has 0 unspecified atom stereocenters. The number of amides is 1. The Kier molecular flexibility index (Phi) is 4.09. The van der Waals surface area contributed by atoms with E-state index >= 15 is 0 Å². The fourth-order valence-electron chi connectivity index (χ4n) is 1.80. The van der Waals surface area contributed by atoms with E-state index in [2.05, 4.69) is 25.7 Å². The molecule has 1 amide bonds. The van der Waals surface area contributed by atoms with Crippen LogP contribution in [-0.4, -0.2) is 37.7 Å². The first-order valence-corrected chi connectivity index (χ1v) is 6.41. The van der Waals surface area contributed by atoms with Gasteiger partial charge in [-0.1, -0.05) is 6.92 Å². The summed E-state index contributed by atoms with van der Waals surface area (Å²) in [5, 5.41) is 10.0. The summed E-state index contributed by atoms with van der Waals surface area (Å²) in [6, 6.07) is 3.54. The van der Waals surface area contributed by atoms with Gasteiger partial charge in [0.05, 0.1) is 11.2 Å². The molecule has 20 heavy (non-hydrogen) atoms. The van der Waals surface area contributed by atoms with E-state index in [0.29, 0.717) is 18.1 Å². The molecule has 2 rings (SSSR count). The number of rotatable bonds is 5. The molecule has 2 aromatic rings. The van der Waals surface area contributed by atoms with Crippen LogP contribution in [0.4, 0.5) is 5.69 Å². The summed E-state index contributed by atoms with van der Waals surface area (Å²) in [4.78, 5) is 20.4. The lowest BCUT2D eigenvalue weighted by atomic mass is 10.0. The van der Waals surface area contributed by atoms with Gasteiger partial charge in [-0.25, -0.2) is 14.6 Å². The number of hydrogen-bond acceptors (Lipinski definition) is 5. The first kappa shape index (κ1) is 14.1. The maximum absolute atomic E-state index is 12.3. The van der Waals surface area contributed by atoms with E-state index < -0.39 is 5.54 Å². The number of pyridine rings is 1. The highest BCUT2D eigenvalue weighted by Crippen LogP contribution is 2.17. The second-order valence-electron chi connectivity index (χ2n) is 4.82. The van der Waals surface area contributed by atoms with Gasteiger partial charge < -0.3 is 10.6 Å². The number of nitrogens with zero attached hydrogens (tertiary/aromatic N) is 4. The molecule has 0 spiro atoms. The van der Waals surface area contributed by atoms with E-state index in [-0.39, 0.29) is 5.91 Å². The predicted molar refractivity (Wildman–Crippen MR) is 75.5 cm³/mol. The van der Waals surface area contributed by atoms with Gasteiger partial charge in [0.15, 0.2) is 5.82 Å². The summed E-state index contributed by atoms with van der Waals surface area (Å²) in [6.45, 7) is 6.33. The van der Waals surface area contributed by atoms with E-state index in [4.69, 9.17) is 0 Å². The van der Waals surface area contributed by atoms with Crippen LogP contribution in [0.5, 0.6) is 0 Å². The number of hydrogen-bond donors (Lipinski definition) is 2. The zero-order valence-electron chi connectivity index (χ0n) is 11.8. The molecule has 2 N–H and O–H groups in total. The third-order valence-electron chi connectivity index (χ3n) is 2.86. The third-order valence-corrected chi connectivity index (χ3v) is 2.86. The number of likely N-dealkylation sites (N-methyl/N-ethyl adjacent to an activating group) is 1. The van der Waals surface area contributed by atoms with Crippen LogP contribution in [0, 0.1) is 0 Å². The number of carbonyl (C=O) groups excluding carboxylic acids is 1. The summed E-state index contributed by atoms with van der Waals surface area (Å²) < 4.78 is 1.51. The van der Waals surface area contributed by atoms with Crippen LogP contribution in [0.15, 0.2) is 31.0 Å². The molecule has 0 bridgehead atoms. The van der Waals surface area contributed by atoms with Crippen molar-refractivity contribution in [1.82, 2.24) is 25.1 Å². The first-order chi connectivity index (χ1) is 9.54. The van der Waals surface area contributed by atoms with Crippen LogP contribution in [0.3, 0.4) is 0 Å². The van der Waals surface area contributed by atoms with Gasteiger partial charge in [0.2, 0.25) is 5.91 Å². The van der Waals surface area contributed by atoms with Gasteiger partial charge in [0, 0.05) is 6.20 Å². The van der Waals surface area contributed by atoms with Gasteiger partial charge in [-0.3, -0.25) is 4.79 Å². The van der Waals surface area contributed by atoms with Gasteiger partial charge in [-0.2, -0.15) is 5.10 Å². The van der Waals surface area contributed by atoms with Crippen molar-refractivity contribution in [2.24, 2.45) is 0 Å². The Morgan fingerprint density at radius 3 is 2.90 bits per heavy atom. The quantitative estimate of drug-likeness (QED) is 0.849. The molecule has 0 saturated carbocycles. The minimum atomic E-state index is -0.662. The Hall–Kier alpha value is -2.28. The lowest BCUT2D eigenvalue weighted by Crippen LogP contribution is -2.49. The van der Waals surface area contributed by atoms with Crippen LogP contribution in [-0.2, 0) is 4.79 Å². The molecule has 0 aliphatic heterocycles. The van der Waals surface area contributed by atoms with Crippen molar-refractivity contribution in [3.05, 3.63) is 31.0 Å². The molecular formula is C13H18N6O. The molecule has 0 aliphatic rings. The number of carbonyl (C=O) groups is 1. The Bertz CT molecular complexity index is 578. The van der Waals surface area contributed by atoms with Gasteiger partial charge in [0.25, 0.3) is 0 Å². The Labute approximate surface area is 117 Å². The molecule has 7 heteroatoms. The second kappa shape index (κ2) is 5.79. The molecule has 2 aromatic heterocycles. The molecule has 0 saturated heterocycles. The molecular weight excluding hydrogens is 256 g/mol. The third kappa shape index (κ3) is 3.00. The van der Waals surface area contributed by atoms with Crippen molar-refractivity contribution >= 4 is 11.6 Å². The fourth-order valence-corrected chi connectivity index (χ4v) is 1.80. The van der Waals surface area contributed by atoms with Crippen LogP contribution in [0.1, 0.15) is 20.8 Å². The Balaban J connectivity index is 2.25. The molecule has 106 valence electrons. The van der Waals surface area contributed by atoms with Gasteiger partial charge in [-0.05, 0) is 32.5 Å². The largest absolute Gasteiger partial charge is 0.321 e. The standard InChI is InChI=1S/C13H18N6O/c1-4-16-13(2,3)12(20)18-10-6-5-7-15-11(10)19-9-14-8-17-19/h5-9,16H,4H2,1-3H3,(H,18,20). The van der Waals surface area contributed by atoms with Crippen LogP contribution in [0.25, 0.3) is 5.82 Å². The SMILES string of the molecule is CCNC(C)(C)C(=O)Nc1cccnc1-n1cncn1. The van der Waals surface area contributed by atoms with Crippen LogP contribution >= 0.6 is 0 Å². The highest BCUT2D eigenvalue weighted by molar-refractivity contribution is 5.98. The van der Waals surface area contributed by atoms with E-state index in [1.807, 2.05) is 20.8 Å². The zero-order valence-corrected chi connectivity index (χ0v) is 11.8. The van der Waals surface area contributed by atoms with Crippen molar-refractivity contribution in [3.8, 4) is 5.82 Å². The van der Waals surface area contributed by atoms with Crippen molar-refractivity contribution in [2.75, 3.05) is 11.9 Å². The van der Waals surface area contributed by atoms with Crippen LogP contribution in [0.2, 0.25) is 0 Å². The first-order valence-electron chi connectivity index (χ1n) is 6.41. The summed E-state index contributed by atoms with van der Waals surface area (Å²) in [5.41, 5.74) is -0.0708. The van der Waals surface area contributed by atoms with Crippen molar-refractivity contribution in [2.45, 2.75) is 26.3 Å². The average Bonchev–Trinajstić information content (AvgIpc) is 2.93. The van der Waals surface area contributed by atoms with E-state index in [0.717, 1.165) is 0 Å². The Morgan fingerprint density at radius 1 is 1.45 bits per heavy atom. The normalized spacial score (nSPS) is 11.3. The van der Waals surface area contributed by atoms with Crippen molar-refractivity contribution in [1.29, 1.82) is 0 Å². The molecule has 7 nitrogen and oxygen atoms in total. The minimum Gasteiger partial charge on any atom is -0.321 e. The highest BCUT2D eigenvalue weighted by atomic mass is 16.2. The maximum Gasteiger partial charge on any atom is 0.244 e. The molecule has 0 aromatic carbocycles. The number of nitrogens with one attached hydrogen (secondary N) is 2. The predicted octanol–water partition coefficient (Wildman–Crippen LogP) is 0.989. The molecule has 0 atom stereocenters. The lowest BCUT2D eigenvalue weighted by Gasteiger charge is -2.24. The minimum absolute atomic E-state index is 0.131. The summed E-state index contributed by atoms with van der Waals surface area (Å²) in [7, 11) is 0. The molecule has 2 heterocycles. The van der Waals surface area contributed by atoms with Crippen molar-refractivity contribution in [3.63, 3.8) is 0 Å². The highest BCUT2D eigenvalue weighted by Gasteiger charge is 2.27.